The zero-order chi connectivity index (χ0) is 22.5. The predicted molar refractivity (Wildman–Crippen MR) is 107 cm³/mol. The molecule has 1 amide bonds. The highest BCUT2D eigenvalue weighted by atomic mass is 19.4. The molecule has 4 heterocycles. The average Bonchev–Trinajstić information content (AvgIpc) is 3.37. The van der Waals surface area contributed by atoms with Gasteiger partial charge in [-0.05, 0) is 45.7 Å². The highest BCUT2D eigenvalue weighted by Gasteiger charge is 2.37. The molecular weight excluding hydrogens is 409 g/mol. The zero-order valence-electron chi connectivity index (χ0n) is 17.9. The first-order chi connectivity index (χ1) is 14.5. The number of aromatic nitrogens is 5. The van der Waals surface area contributed by atoms with E-state index in [4.69, 9.17) is 0 Å². The second kappa shape index (κ2) is 7.65. The third-order valence-corrected chi connectivity index (χ3v) is 5.71. The Labute approximate surface area is 177 Å². The van der Waals surface area contributed by atoms with E-state index in [0.717, 1.165) is 28.4 Å². The molecule has 0 N–H and O–H groups in total. The summed E-state index contributed by atoms with van der Waals surface area (Å²) in [5, 5.41) is 8.64. The van der Waals surface area contributed by atoms with Crippen molar-refractivity contribution in [3.8, 4) is 0 Å². The Balaban J connectivity index is 1.61. The minimum absolute atomic E-state index is 0.0488. The van der Waals surface area contributed by atoms with Crippen LogP contribution >= 0.6 is 0 Å². The summed E-state index contributed by atoms with van der Waals surface area (Å²) in [7, 11) is 0. The molecule has 0 saturated carbocycles. The van der Waals surface area contributed by atoms with Crippen LogP contribution in [0.2, 0.25) is 0 Å². The van der Waals surface area contributed by atoms with Crippen LogP contribution in [0.5, 0.6) is 0 Å². The predicted octanol–water partition coefficient (Wildman–Crippen LogP) is 3.87. The molecule has 10 heteroatoms. The molecule has 0 spiro atoms. The van der Waals surface area contributed by atoms with Crippen molar-refractivity contribution in [3.63, 3.8) is 0 Å². The maximum atomic E-state index is 13.5. The lowest BCUT2D eigenvalue weighted by atomic mass is 10.1. The normalized spacial score (nSPS) is 18.2. The van der Waals surface area contributed by atoms with E-state index >= 15 is 0 Å². The van der Waals surface area contributed by atoms with E-state index in [0.29, 0.717) is 25.2 Å². The number of halogens is 3. The lowest BCUT2D eigenvalue weighted by Gasteiger charge is -2.26. The molecule has 0 unspecified atom stereocenters. The van der Waals surface area contributed by atoms with Gasteiger partial charge in [0, 0.05) is 24.0 Å². The van der Waals surface area contributed by atoms with Gasteiger partial charge in [0.1, 0.15) is 5.69 Å². The van der Waals surface area contributed by atoms with Crippen LogP contribution < -0.4 is 0 Å². The fraction of sp³-hybridized carbons (Fsp3) is 0.524. The molecule has 1 saturated heterocycles. The zero-order valence-corrected chi connectivity index (χ0v) is 17.9. The molecule has 1 aliphatic rings. The van der Waals surface area contributed by atoms with Gasteiger partial charge in [0.25, 0.3) is 0 Å². The number of rotatable bonds is 4. The first kappa shape index (κ1) is 21.3. The Morgan fingerprint density at radius 1 is 1.16 bits per heavy atom. The van der Waals surface area contributed by atoms with Gasteiger partial charge in [0.05, 0.1) is 29.9 Å². The van der Waals surface area contributed by atoms with E-state index in [1.165, 1.54) is 6.92 Å². The van der Waals surface area contributed by atoms with Crippen molar-refractivity contribution >= 4 is 11.6 Å². The van der Waals surface area contributed by atoms with E-state index in [-0.39, 0.29) is 29.2 Å². The maximum absolute atomic E-state index is 13.5. The molecule has 7 nitrogen and oxygen atoms in total. The van der Waals surface area contributed by atoms with Gasteiger partial charge in [-0.15, -0.1) is 0 Å². The lowest BCUT2D eigenvalue weighted by molar-refractivity contribution is -0.143. The van der Waals surface area contributed by atoms with Gasteiger partial charge in [-0.1, -0.05) is 6.92 Å². The van der Waals surface area contributed by atoms with Crippen molar-refractivity contribution < 1.29 is 18.0 Å². The summed E-state index contributed by atoms with van der Waals surface area (Å²) in [6, 6.07) is 4.14. The first-order valence-corrected chi connectivity index (χ1v) is 10.3. The van der Waals surface area contributed by atoms with Gasteiger partial charge in [0.15, 0.2) is 5.65 Å². The van der Waals surface area contributed by atoms with Gasteiger partial charge in [-0.25, -0.2) is 9.50 Å². The molecular formula is C21H25F3N6O. The van der Waals surface area contributed by atoms with Gasteiger partial charge in [-0.3, -0.25) is 9.48 Å². The van der Waals surface area contributed by atoms with Crippen LogP contribution in [0.4, 0.5) is 13.2 Å². The molecule has 1 aliphatic heterocycles. The van der Waals surface area contributed by atoms with Crippen LogP contribution in [0, 0.1) is 26.7 Å². The number of aryl methyl sites for hydroxylation is 3. The molecule has 31 heavy (non-hydrogen) atoms. The highest BCUT2D eigenvalue weighted by Crippen LogP contribution is 2.35. The van der Waals surface area contributed by atoms with Crippen LogP contribution in [0.25, 0.3) is 5.65 Å². The molecule has 3 aromatic rings. The summed E-state index contributed by atoms with van der Waals surface area (Å²) in [6.07, 6.45) is -3.12. The van der Waals surface area contributed by atoms with Crippen LogP contribution in [-0.2, 0) is 17.5 Å². The van der Waals surface area contributed by atoms with Crippen molar-refractivity contribution in [3.05, 3.63) is 46.7 Å². The minimum atomic E-state index is -4.55. The first-order valence-electron chi connectivity index (χ1n) is 10.3. The largest absolute Gasteiger partial charge is 0.433 e. The van der Waals surface area contributed by atoms with Gasteiger partial charge >= 0.3 is 6.18 Å². The van der Waals surface area contributed by atoms with Crippen molar-refractivity contribution in [2.75, 3.05) is 6.54 Å². The number of hydrogen-bond donors (Lipinski definition) is 0. The summed E-state index contributed by atoms with van der Waals surface area (Å²) in [5.41, 5.74) is 1.85. The number of alkyl halides is 3. The Morgan fingerprint density at radius 3 is 2.55 bits per heavy atom. The SMILES string of the molecule is Cc1cc(C(F)(F)F)n2nc([C@H]3CCCN3C(=O)[C@@H](C)Cn3nc(C)cc3C)cc2n1. The van der Waals surface area contributed by atoms with Crippen molar-refractivity contribution in [1.29, 1.82) is 0 Å². The summed E-state index contributed by atoms with van der Waals surface area (Å²) in [6.45, 7) is 8.22. The molecule has 2 atom stereocenters. The van der Waals surface area contributed by atoms with Crippen molar-refractivity contribution in [2.45, 2.75) is 59.3 Å². The minimum Gasteiger partial charge on any atom is -0.334 e. The molecule has 0 radical (unpaired) electrons. The van der Waals surface area contributed by atoms with Gasteiger partial charge in [-0.2, -0.15) is 23.4 Å². The van der Waals surface area contributed by atoms with Crippen molar-refractivity contribution in [2.24, 2.45) is 5.92 Å². The summed E-state index contributed by atoms with van der Waals surface area (Å²) < 4.78 is 43.1. The topological polar surface area (TPSA) is 68.3 Å². The molecule has 4 rings (SSSR count). The smallest absolute Gasteiger partial charge is 0.334 e. The van der Waals surface area contributed by atoms with E-state index in [9.17, 15) is 18.0 Å². The summed E-state index contributed by atoms with van der Waals surface area (Å²) in [4.78, 5) is 19.1. The van der Waals surface area contributed by atoms with Crippen LogP contribution in [0.15, 0.2) is 18.2 Å². The number of likely N-dealkylation sites (tertiary alicyclic amines) is 1. The summed E-state index contributed by atoms with van der Waals surface area (Å²) >= 11 is 0. The Kier molecular flexibility index (Phi) is 5.26. The third-order valence-electron chi connectivity index (χ3n) is 5.71. The fourth-order valence-electron chi connectivity index (χ4n) is 4.30. The quantitative estimate of drug-likeness (QED) is 0.625. The number of nitrogens with zero attached hydrogens (tertiary/aromatic N) is 6. The number of carbonyl (C=O) groups excluding carboxylic acids is 1. The Hall–Kier alpha value is -2.91. The van der Waals surface area contributed by atoms with Crippen LogP contribution in [0.3, 0.4) is 0 Å². The monoisotopic (exact) mass is 434 g/mol. The van der Waals surface area contributed by atoms with Gasteiger partial charge < -0.3 is 4.90 Å². The molecule has 0 bridgehead atoms. The van der Waals surface area contributed by atoms with Crippen LogP contribution in [-0.4, -0.2) is 41.7 Å². The Bertz CT molecular complexity index is 1130. The molecule has 0 aromatic carbocycles. The number of fused-ring (bicyclic) bond motifs is 1. The lowest BCUT2D eigenvalue weighted by Crippen LogP contribution is -2.36. The fourth-order valence-corrected chi connectivity index (χ4v) is 4.30. The van der Waals surface area contributed by atoms with Crippen molar-refractivity contribution in [1.82, 2.24) is 29.3 Å². The number of amides is 1. The Morgan fingerprint density at radius 2 is 1.90 bits per heavy atom. The van der Waals surface area contributed by atoms with Gasteiger partial charge in [0.2, 0.25) is 5.91 Å². The standard InChI is InChI=1S/C21H25F3N6O/c1-12(11-29-15(4)8-14(3)26-29)20(31)28-7-5-6-17(28)16-10-19-25-13(2)9-18(21(22,23)24)30(19)27-16/h8-10,12,17H,5-7,11H2,1-4H3/t12-,17+/m0/s1. The second-order valence-corrected chi connectivity index (χ2v) is 8.32. The van der Waals surface area contributed by atoms with E-state index in [1.54, 1.807) is 11.0 Å². The average molecular weight is 434 g/mol. The molecule has 166 valence electrons. The van der Waals surface area contributed by atoms with E-state index < -0.39 is 11.9 Å². The van der Waals surface area contributed by atoms with E-state index in [1.807, 2.05) is 31.5 Å². The number of hydrogen-bond acceptors (Lipinski definition) is 4. The highest BCUT2D eigenvalue weighted by molar-refractivity contribution is 5.79. The molecule has 1 fully saturated rings. The maximum Gasteiger partial charge on any atom is 0.433 e. The summed E-state index contributed by atoms with van der Waals surface area (Å²) in [5.74, 6) is -0.367. The third kappa shape index (κ3) is 4.03. The second-order valence-electron chi connectivity index (χ2n) is 8.32. The van der Waals surface area contributed by atoms with Crippen LogP contribution in [0.1, 0.15) is 54.3 Å². The van der Waals surface area contributed by atoms with E-state index in [2.05, 4.69) is 15.2 Å². The molecule has 0 aliphatic carbocycles. The molecule has 3 aromatic heterocycles. The number of carbonyl (C=O) groups is 1.